The lowest BCUT2D eigenvalue weighted by Crippen LogP contribution is -2.28. The van der Waals surface area contributed by atoms with Crippen LogP contribution in [-0.2, 0) is 0 Å². The summed E-state index contributed by atoms with van der Waals surface area (Å²) in [5.74, 6) is 1.56. The second-order valence-electron chi connectivity index (χ2n) is 4.71. The number of rotatable bonds is 2. The van der Waals surface area contributed by atoms with E-state index in [0.29, 0.717) is 5.92 Å². The van der Waals surface area contributed by atoms with Crippen LogP contribution in [0.2, 0.25) is 5.02 Å². The number of imidazole rings is 1. The number of hydrogen-bond acceptors (Lipinski definition) is 2. The predicted octanol–water partition coefficient (Wildman–Crippen LogP) is 3.20. The van der Waals surface area contributed by atoms with Gasteiger partial charge in [-0.2, -0.15) is 0 Å². The lowest BCUT2D eigenvalue weighted by molar-refractivity contribution is 0.449. The van der Waals surface area contributed by atoms with Crippen LogP contribution < -0.4 is 5.32 Å². The summed E-state index contributed by atoms with van der Waals surface area (Å²) in [4.78, 5) is 7.91. The Morgan fingerprint density at radius 3 is 2.94 bits per heavy atom. The summed E-state index contributed by atoms with van der Waals surface area (Å²) in [7, 11) is 0. The van der Waals surface area contributed by atoms with Crippen LogP contribution in [0.25, 0.3) is 11.3 Å². The van der Waals surface area contributed by atoms with Crippen molar-refractivity contribution >= 4 is 11.6 Å². The Bertz CT molecular complexity index is 529. The largest absolute Gasteiger partial charge is 0.342 e. The summed E-state index contributed by atoms with van der Waals surface area (Å²) >= 11 is 6.19. The molecule has 1 aromatic heterocycles. The first-order valence-corrected chi connectivity index (χ1v) is 6.73. The van der Waals surface area contributed by atoms with Crippen molar-refractivity contribution in [1.82, 2.24) is 15.3 Å². The summed E-state index contributed by atoms with van der Waals surface area (Å²) in [5, 5.41) is 4.17. The Morgan fingerprint density at radius 2 is 2.17 bits per heavy atom. The quantitative estimate of drug-likeness (QED) is 0.872. The summed E-state index contributed by atoms with van der Waals surface area (Å²) in [6.07, 6.45) is 4.29. The maximum Gasteiger partial charge on any atom is 0.110 e. The smallest absolute Gasteiger partial charge is 0.110 e. The zero-order valence-electron chi connectivity index (χ0n) is 10.1. The van der Waals surface area contributed by atoms with Gasteiger partial charge in [-0.3, -0.25) is 0 Å². The molecule has 2 heterocycles. The number of halogens is 1. The molecule has 1 aliphatic rings. The SMILES string of the molecule is Clc1ccccc1-c1cnc(C2CCCNC2)[nH]1. The molecule has 2 aromatic rings. The van der Waals surface area contributed by atoms with Gasteiger partial charge >= 0.3 is 0 Å². The molecule has 1 unspecified atom stereocenters. The molecular formula is C14H16ClN3. The van der Waals surface area contributed by atoms with E-state index in [2.05, 4.69) is 15.3 Å². The average Bonchev–Trinajstić information content (AvgIpc) is 2.90. The Morgan fingerprint density at radius 1 is 1.28 bits per heavy atom. The number of piperidine rings is 1. The van der Waals surface area contributed by atoms with Gasteiger partial charge in [-0.1, -0.05) is 29.8 Å². The third-order valence-electron chi connectivity index (χ3n) is 3.44. The lowest BCUT2D eigenvalue weighted by atomic mass is 9.99. The van der Waals surface area contributed by atoms with Gasteiger partial charge in [-0.05, 0) is 25.5 Å². The van der Waals surface area contributed by atoms with Gasteiger partial charge in [-0.25, -0.2) is 4.98 Å². The first-order chi connectivity index (χ1) is 8.84. The van der Waals surface area contributed by atoms with Crippen molar-refractivity contribution in [3.63, 3.8) is 0 Å². The second-order valence-corrected chi connectivity index (χ2v) is 5.11. The highest BCUT2D eigenvalue weighted by Gasteiger charge is 2.18. The van der Waals surface area contributed by atoms with Gasteiger partial charge < -0.3 is 10.3 Å². The van der Waals surface area contributed by atoms with Crippen LogP contribution in [0.5, 0.6) is 0 Å². The standard InChI is InChI=1S/C14H16ClN3/c15-12-6-2-1-5-11(12)13-9-17-14(18-13)10-4-3-7-16-8-10/h1-2,5-6,9-10,16H,3-4,7-8H2,(H,17,18). The topological polar surface area (TPSA) is 40.7 Å². The van der Waals surface area contributed by atoms with Crippen LogP contribution in [0.15, 0.2) is 30.5 Å². The number of benzene rings is 1. The molecule has 4 heteroatoms. The van der Waals surface area contributed by atoms with E-state index in [1.807, 2.05) is 30.5 Å². The molecule has 0 aliphatic carbocycles. The molecule has 0 bridgehead atoms. The van der Waals surface area contributed by atoms with E-state index in [0.717, 1.165) is 35.2 Å². The van der Waals surface area contributed by atoms with Crippen LogP contribution in [0.3, 0.4) is 0 Å². The van der Waals surface area contributed by atoms with Crippen LogP contribution in [0.1, 0.15) is 24.6 Å². The van der Waals surface area contributed by atoms with Gasteiger partial charge in [0.25, 0.3) is 0 Å². The van der Waals surface area contributed by atoms with Gasteiger partial charge in [0.1, 0.15) is 5.82 Å². The number of H-pyrrole nitrogens is 1. The first kappa shape index (κ1) is 11.8. The predicted molar refractivity (Wildman–Crippen MR) is 73.9 cm³/mol. The highest BCUT2D eigenvalue weighted by molar-refractivity contribution is 6.33. The lowest BCUT2D eigenvalue weighted by Gasteiger charge is -2.20. The number of nitrogens with one attached hydrogen (secondary N) is 2. The summed E-state index contributed by atoms with van der Waals surface area (Å²) in [6.45, 7) is 2.13. The van der Waals surface area contributed by atoms with Crippen molar-refractivity contribution in [3.05, 3.63) is 41.3 Å². The molecule has 0 radical (unpaired) electrons. The number of hydrogen-bond donors (Lipinski definition) is 2. The maximum atomic E-state index is 6.19. The minimum Gasteiger partial charge on any atom is -0.342 e. The van der Waals surface area contributed by atoms with E-state index in [4.69, 9.17) is 11.6 Å². The minimum atomic E-state index is 0.495. The molecule has 0 amide bonds. The third-order valence-corrected chi connectivity index (χ3v) is 3.77. The number of aromatic nitrogens is 2. The fourth-order valence-corrected chi connectivity index (χ4v) is 2.68. The van der Waals surface area contributed by atoms with E-state index in [9.17, 15) is 0 Å². The fourth-order valence-electron chi connectivity index (χ4n) is 2.45. The molecule has 2 N–H and O–H groups in total. The maximum absolute atomic E-state index is 6.19. The van der Waals surface area contributed by atoms with Gasteiger partial charge in [0.2, 0.25) is 0 Å². The van der Waals surface area contributed by atoms with Crippen LogP contribution in [-0.4, -0.2) is 23.1 Å². The zero-order chi connectivity index (χ0) is 12.4. The summed E-state index contributed by atoms with van der Waals surface area (Å²) < 4.78 is 0. The van der Waals surface area contributed by atoms with Gasteiger partial charge in [-0.15, -0.1) is 0 Å². The van der Waals surface area contributed by atoms with Gasteiger partial charge in [0.15, 0.2) is 0 Å². The van der Waals surface area contributed by atoms with Crippen molar-refractivity contribution in [1.29, 1.82) is 0 Å². The van der Waals surface area contributed by atoms with Crippen LogP contribution in [0.4, 0.5) is 0 Å². The molecule has 3 nitrogen and oxygen atoms in total. The van der Waals surface area contributed by atoms with Crippen LogP contribution >= 0.6 is 11.6 Å². The Balaban J connectivity index is 1.87. The molecule has 1 saturated heterocycles. The molecule has 1 aromatic carbocycles. The molecule has 3 rings (SSSR count). The fraction of sp³-hybridized carbons (Fsp3) is 0.357. The first-order valence-electron chi connectivity index (χ1n) is 6.35. The highest BCUT2D eigenvalue weighted by atomic mass is 35.5. The molecular weight excluding hydrogens is 246 g/mol. The number of nitrogens with zero attached hydrogens (tertiary/aromatic N) is 1. The minimum absolute atomic E-state index is 0.495. The average molecular weight is 262 g/mol. The van der Waals surface area contributed by atoms with Crippen molar-refractivity contribution < 1.29 is 0 Å². The summed E-state index contributed by atoms with van der Waals surface area (Å²) in [6, 6.07) is 7.84. The van der Waals surface area contributed by atoms with Crippen LogP contribution in [0, 0.1) is 0 Å². The highest BCUT2D eigenvalue weighted by Crippen LogP contribution is 2.28. The van der Waals surface area contributed by atoms with Crippen molar-refractivity contribution in [2.45, 2.75) is 18.8 Å². The Kier molecular flexibility index (Phi) is 3.35. The third kappa shape index (κ3) is 2.28. The monoisotopic (exact) mass is 261 g/mol. The van der Waals surface area contributed by atoms with E-state index in [1.54, 1.807) is 0 Å². The summed E-state index contributed by atoms with van der Waals surface area (Å²) in [5.41, 5.74) is 2.02. The Labute approximate surface area is 112 Å². The van der Waals surface area contributed by atoms with E-state index in [1.165, 1.54) is 12.8 Å². The Hall–Kier alpha value is -1.32. The molecule has 1 fully saturated rings. The molecule has 94 valence electrons. The van der Waals surface area contributed by atoms with Gasteiger partial charge in [0, 0.05) is 23.0 Å². The zero-order valence-corrected chi connectivity index (χ0v) is 10.9. The molecule has 1 atom stereocenters. The van der Waals surface area contributed by atoms with Crippen molar-refractivity contribution in [2.24, 2.45) is 0 Å². The number of aromatic amines is 1. The second kappa shape index (κ2) is 5.12. The molecule has 0 saturated carbocycles. The van der Waals surface area contributed by atoms with Gasteiger partial charge in [0.05, 0.1) is 11.9 Å². The molecule has 18 heavy (non-hydrogen) atoms. The van der Waals surface area contributed by atoms with E-state index in [-0.39, 0.29) is 0 Å². The molecule has 1 aliphatic heterocycles. The van der Waals surface area contributed by atoms with Crippen molar-refractivity contribution in [3.8, 4) is 11.3 Å². The van der Waals surface area contributed by atoms with E-state index >= 15 is 0 Å². The van der Waals surface area contributed by atoms with E-state index < -0.39 is 0 Å². The van der Waals surface area contributed by atoms with Crippen molar-refractivity contribution in [2.75, 3.05) is 13.1 Å². The normalized spacial score (nSPS) is 19.9. The molecule has 0 spiro atoms.